The summed E-state index contributed by atoms with van der Waals surface area (Å²) in [6, 6.07) is 0. The first-order valence-electron chi connectivity index (χ1n) is 3.48. The van der Waals surface area contributed by atoms with E-state index in [1.807, 2.05) is 6.08 Å². The lowest BCUT2D eigenvalue weighted by atomic mass is 10.1. The van der Waals surface area contributed by atoms with Crippen molar-refractivity contribution >= 4 is 0 Å². The summed E-state index contributed by atoms with van der Waals surface area (Å²) in [6.45, 7) is 8.20. The number of rotatable bonds is 1. The van der Waals surface area contributed by atoms with Crippen LogP contribution in [0.3, 0.4) is 0 Å². The summed E-state index contributed by atoms with van der Waals surface area (Å²) in [5.41, 5.74) is 1.18. The lowest BCUT2D eigenvalue weighted by Crippen LogP contribution is -2.04. The Labute approximate surface area is 61.7 Å². The second-order valence-corrected chi connectivity index (χ2v) is 2.30. The van der Waals surface area contributed by atoms with Crippen molar-refractivity contribution in [1.82, 2.24) is 0 Å². The van der Waals surface area contributed by atoms with Gasteiger partial charge in [-0.05, 0) is 18.4 Å². The molecule has 0 aromatic rings. The average molecular weight is 136 g/mol. The quantitative estimate of drug-likeness (QED) is 0.538. The molecule has 54 valence electrons. The molecule has 0 amide bonds. The normalized spacial score (nSPS) is 22.4. The number of hydrogen-bond donors (Lipinski definition) is 0. The van der Waals surface area contributed by atoms with Gasteiger partial charge in [0.1, 0.15) is 5.76 Å². The minimum atomic E-state index is 0.811. The molecule has 1 heterocycles. The Morgan fingerprint density at radius 1 is 1.50 bits per heavy atom. The van der Waals surface area contributed by atoms with Gasteiger partial charge in [-0.3, -0.25) is 0 Å². The fourth-order valence-electron chi connectivity index (χ4n) is 1.01. The third kappa shape index (κ3) is 1.50. The molecule has 1 aliphatic heterocycles. The predicted octanol–water partition coefficient (Wildman–Crippen LogP) is 2.42. The number of allylic oxidation sites excluding steroid dienone is 3. The van der Waals surface area contributed by atoms with Gasteiger partial charge in [-0.1, -0.05) is 25.3 Å². The molecule has 0 aliphatic carbocycles. The third-order valence-corrected chi connectivity index (χ3v) is 1.54. The van der Waals surface area contributed by atoms with Crippen LogP contribution < -0.4 is 0 Å². The van der Waals surface area contributed by atoms with Crippen molar-refractivity contribution in [3.63, 3.8) is 0 Å². The van der Waals surface area contributed by atoms with E-state index in [9.17, 15) is 0 Å². The topological polar surface area (TPSA) is 9.23 Å². The zero-order chi connectivity index (χ0) is 7.40. The van der Waals surface area contributed by atoms with Crippen LogP contribution in [0.5, 0.6) is 0 Å². The molecule has 0 radical (unpaired) electrons. The molecule has 0 N–H and O–H groups in total. The zero-order valence-corrected chi connectivity index (χ0v) is 6.10. The minimum absolute atomic E-state index is 0.811. The van der Waals surface area contributed by atoms with Gasteiger partial charge in [0.15, 0.2) is 0 Å². The maximum Gasteiger partial charge on any atom is 0.115 e. The third-order valence-electron chi connectivity index (χ3n) is 1.54. The van der Waals surface area contributed by atoms with E-state index in [1.165, 1.54) is 5.57 Å². The Morgan fingerprint density at radius 3 is 2.90 bits per heavy atom. The van der Waals surface area contributed by atoms with Crippen LogP contribution in [0.25, 0.3) is 0 Å². The van der Waals surface area contributed by atoms with Gasteiger partial charge in [-0.15, -0.1) is 0 Å². The molecule has 0 aromatic heterocycles. The van der Waals surface area contributed by atoms with Gasteiger partial charge in [0, 0.05) is 0 Å². The van der Waals surface area contributed by atoms with Gasteiger partial charge in [-0.2, -0.15) is 0 Å². The molecule has 0 spiro atoms. The lowest BCUT2D eigenvalue weighted by Gasteiger charge is -2.17. The predicted molar refractivity (Wildman–Crippen MR) is 42.6 cm³/mol. The van der Waals surface area contributed by atoms with Crippen LogP contribution in [-0.4, -0.2) is 6.61 Å². The highest BCUT2D eigenvalue weighted by Gasteiger charge is 2.08. The Balaban J connectivity index is 2.64. The maximum absolute atomic E-state index is 5.23. The molecule has 0 aromatic carbocycles. The highest BCUT2D eigenvalue weighted by Crippen LogP contribution is 2.21. The van der Waals surface area contributed by atoms with Crippen LogP contribution in [0.4, 0.5) is 0 Å². The summed E-state index contributed by atoms with van der Waals surface area (Å²) in [5, 5.41) is 0. The summed E-state index contributed by atoms with van der Waals surface area (Å²) >= 11 is 0. The monoisotopic (exact) mass is 136 g/mol. The fourth-order valence-corrected chi connectivity index (χ4v) is 1.01. The first-order valence-corrected chi connectivity index (χ1v) is 3.48. The smallest absolute Gasteiger partial charge is 0.115 e. The molecule has 0 saturated carbocycles. The summed E-state index contributed by atoms with van der Waals surface area (Å²) in [4.78, 5) is 0. The molecule has 0 unspecified atom stereocenters. The Bertz CT molecular complexity index is 177. The van der Waals surface area contributed by atoms with E-state index in [4.69, 9.17) is 4.74 Å². The fraction of sp³-hybridized carbons (Fsp3) is 0.333. The molecule has 1 nitrogen and oxygen atoms in total. The van der Waals surface area contributed by atoms with Gasteiger partial charge < -0.3 is 4.74 Å². The van der Waals surface area contributed by atoms with Crippen LogP contribution in [-0.2, 0) is 4.74 Å². The first kappa shape index (κ1) is 7.13. The van der Waals surface area contributed by atoms with E-state index in [2.05, 4.69) is 13.2 Å². The molecular formula is C9H12O. The summed E-state index contributed by atoms with van der Waals surface area (Å²) in [7, 11) is 0. The van der Waals surface area contributed by atoms with Crippen LogP contribution in [0, 0.1) is 0 Å². The van der Waals surface area contributed by atoms with Crippen molar-refractivity contribution in [3.8, 4) is 0 Å². The van der Waals surface area contributed by atoms with Gasteiger partial charge in [0.05, 0.1) is 6.61 Å². The second-order valence-electron chi connectivity index (χ2n) is 2.30. The average Bonchev–Trinajstić information content (AvgIpc) is 1.94. The van der Waals surface area contributed by atoms with Crippen molar-refractivity contribution in [1.29, 1.82) is 0 Å². The van der Waals surface area contributed by atoms with Crippen molar-refractivity contribution < 1.29 is 4.74 Å². The molecule has 0 atom stereocenters. The van der Waals surface area contributed by atoms with Crippen LogP contribution in [0.15, 0.2) is 36.6 Å². The molecular weight excluding hydrogens is 124 g/mol. The zero-order valence-electron chi connectivity index (χ0n) is 6.10. The van der Waals surface area contributed by atoms with E-state index >= 15 is 0 Å². The molecule has 1 saturated heterocycles. The lowest BCUT2D eigenvalue weighted by molar-refractivity contribution is 0.195. The van der Waals surface area contributed by atoms with Gasteiger partial charge >= 0.3 is 0 Å². The van der Waals surface area contributed by atoms with Crippen molar-refractivity contribution in [2.24, 2.45) is 0 Å². The highest BCUT2D eigenvalue weighted by molar-refractivity contribution is 5.27. The number of ether oxygens (including phenoxy) is 1. The van der Waals surface area contributed by atoms with Crippen LogP contribution >= 0.6 is 0 Å². The largest absolute Gasteiger partial charge is 0.494 e. The number of hydrogen-bond acceptors (Lipinski definition) is 1. The van der Waals surface area contributed by atoms with Crippen molar-refractivity contribution in [2.75, 3.05) is 6.61 Å². The maximum atomic E-state index is 5.23. The van der Waals surface area contributed by atoms with Crippen LogP contribution in [0.2, 0.25) is 0 Å². The highest BCUT2D eigenvalue weighted by atomic mass is 16.5. The Kier molecular flexibility index (Phi) is 2.32. The van der Waals surface area contributed by atoms with E-state index in [0.29, 0.717) is 0 Å². The first-order chi connectivity index (χ1) is 4.84. The van der Waals surface area contributed by atoms with Crippen molar-refractivity contribution in [2.45, 2.75) is 12.8 Å². The van der Waals surface area contributed by atoms with E-state index in [1.54, 1.807) is 6.08 Å². The van der Waals surface area contributed by atoms with Gasteiger partial charge in [0.25, 0.3) is 0 Å². The minimum Gasteiger partial charge on any atom is -0.494 e. The van der Waals surface area contributed by atoms with Gasteiger partial charge in [0.2, 0.25) is 0 Å². The SMILES string of the molecule is C=C/C=C1/CCCOC1=C. The molecule has 1 fully saturated rings. The van der Waals surface area contributed by atoms with Crippen molar-refractivity contribution in [3.05, 3.63) is 36.6 Å². The Morgan fingerprint density at radius 2 is 2.30 bits per heavy atom. The van der Waals surface area contributed by atoms with Crippen LogP contribution in [0.1, 0.15) is 12.8 Å². The standard InChI is InChI=1S/C9H12O/c1-3-5-9-6-4-7-10-8(9)2/h3,5H,1-2,4,6-7H2/b9-5-. The molecule has 1 rings (SSSR count). The molecule has 10 heavy (non-hydrogen) atoms. The summed E-state index contributed by atoms with van der Waals surface area (Å²) in [5.74, 6) is 0.811. The molecule has 0 bridgehead atoms. The second kappa shape index (κ2) is 3.25. The molecule has 1 heteroatoms. The summed E-state index contributed by atoms with van der Waals surface area (Å²) in [6.07, 6.45) is 5.90. The van der Waals surface area contributed by atoms with E-state index in [0.717, 1.165) is 25.2 Å². The Hall–Kier alpha value is -0.980. The summed E-state index contributed by atoms with van der Waals surface area (Å²) < 4.78 is 5.23. The van der Waals surface area contributed by atoms with E-state index < -0.39 is 0 Å². The molecule has 1 aliphatic rings. The van der Waals surface area contributed by atoms with E-state index in [-0.39, 0.29) is 0 Å². The van der Waals surface area contributed by atoms with Gasteiger partial charge in [-0.25, -0.2) is 0 Å².